The Morgan fingerprint density at radius 1 is 1.09 bits per heavy atom. The van der Waals surface area contributed by atoms with Crippen LogP contribution in [0.25, 0.3) is 0 Å². The summed E-state index contributed by atoms with van der Waals surface area (Å²) >= 11 is 6.16. The van der Waals surface area contributed by atoms with Crippen LogP contribution in [0.4, 0.5) is 17.1 Å². The molecule has 172 valence electrons. The Hall–Kier alpha value is -4.42. The number of hydrogen-bond acceptors (Lipinski definition) is 7. The summed E-state index contributed by atoms with van der Waals surface area (Å²) in [6.07, 6.45) is 0.252. The van der Waals surface area contributed by atoms with E-state index in [1.165, 1.54) is 12.1 Å². The van der Waals surface area contributed by atoms with E-state index in [0.717, 1.165) is 17.2 Å². The predicted molar refractivity (Wildman–Crippen MR) is 127 cm³/mol. The molecule has 0 spiro atoms. The van der Waals surface area contributed by atoms with Gasteiger partial charge in [0.05, 0.1) is 23.0 Å². The topological polar surface area (TPSA) is 134 Å². The number of nitro benzene ring substituents is 1. The molecule has 34 heavy (non-hydrogen) atoms. The van der Waals surface area contributed by atoms with Crippen LogP contribution < -0.4 is 10.6 Å². The van der Waals surface area contributed by atoms with Gasteiger partial charge in [0, 0.05) is 35.1 Å². The summed E-state index contributed by atoms with van der Waals surface area (Å²) in [7, 11) is 0. The molecule has 9 nitrogen and oxygen atoms in total. The summed E-state index contributed by atoms with van der Waals surface area (Å²) in [5.41, 5.74) is 1.95. The van der Waals surface area contributed by atoms with E-state index < -0.39 is 23.4 Å². The first-order valence-electron chi connectivity index (χ1n) is 10.1. The number of benzene rings is 3. The molecule has 1 amide bonds. The molecule has 0 aliphatic rings. The summed E-state index contributed by atoms with van der Waals surface area (Å²) in [5, 5.41) is 26.0. The molecule has 0 atom stereocenters. The number of nitrogens with one attached hydrogen (secondary N) is 2. The van der Waals surface area contributed by atoms with Crippen molar-refractivity contribution in [3.8, 4) is 6.07 Å². The van der Waals surface area contributed by atoms with E-state index in [4.69, 9.17) is 21.6 Å². The number of nitriles is 1. The van der Waals surface area contributed by atoms with Gasteiger partial charge in [-0.3, -0.25) is 14.9 Å². The molecular weight excluding hydrogens is 460 g/mol. The molecule has 0 radical (unpaired) electrons. The Labute approximate surface area is 200 Å². The Bertz CT molecular complexity index is 1250. The second-order valence-corrected chi connectivity index (χ2v) is 7.50. The minimum absolute atomic E-state index is 0.0880. The second kappa shape index (κ2) is 11.4. The van der Waals surface area contributed by atoms with Crippen LogP contribution in [-0.2, 0) is 22.5 Å². The van der Waals surface area contributed by atoms with Gasteiger partial charge in [0.25, 0.3) is 11.6 Å². The van der Waals surface area contributed by atoms with Gasteiger partial charge in [-0.2, -0.15) is 5.26 Å². The number of anilines is 2. The molecule has 2 N–H and O–H groups in total. The first-order chi connectivity index (χ1) is 16.4. The zero-order chi connectivity index (χ0) is 24.5. The molecular formula is C24H19ClN4O5. The third-order valence-corrected chi connectivity index (χ3v) is 5.08. The van der Waals surface area contributed by atoms with Crippen molar-refractivity contribution in [1.82, 2.24) is 0 Å². The lowest BCUT2D eigenvalue weighted by atomic mass is 10.1. The van der Waals surface area contributed by atoms with Gasteiger partial charge in [-0.15, -0.1) is 0 Å². The standard InChI is InChI=1S/C24H19ClN4O5/c25-21-4-2-1-3-17(21)14-27-22-10-9-19(29(32)33)13-20(22)24(31)34-15-23(30)28-18-7-5-16(6-8-18)11-12-26/h1-10,13,27H,11,14-15H2,(H,28,30). The maximum Gasteiger partial charge on any atom is 0.341 e. The second-order valence-electron chi connectivity index (χ2n) is 7.09. The number of amides is 1. The molecule has 0 aliphatic heterocycles. The van der Waals surface area contributed by atoms with Crippen LogP contribution in [0, 0.1) is 21.4 Å². The predicted octanol–water partition coefficient (Wildman–Crippen LogP) is 4.72. The average molecular weight is 479 g/mol. The largest absolute Gasteiger partial charge is 0.452 e. The van der Waals surface area contributed by atoms with E-state index in [0.29, 0.717) is 16.4 Å². The molecule has 10 heteroatoms. The third kappa shape index (κ3) is 6.54. The highest BCUT2D eigenvalue weighted by Crippen LogP contribution is 2.25. The smallest absolute Gasteiger partial charge is 0.341 e. The van der Waals surface area contributed by atoms with Crippen molar-refractivity contribution < 1.29 is 19.2 Å². The van der Waals surface area contributed by atoms with E-state index in [9.17, 15) is 19.7 Å². The van der Waals surface area contributed by atoms with Crippen LogP contribution in [0.5, 0.6) is 0 Å². The Morgan fingerprint density at radius 2 is 1.82 bits per heavy atom. The van der Waals surface area contributed by atoms with Gasteiger partial charge in [0.2, 0.25) is 0 Å². The van der Waals surface area contributed by atoms with Crippen molar-refractivity contribution in [2.75, 3.05) is 17.2 Å². The SMILES string of the molecule is N#CCc1ccc(NC(=O)COC(=O)c2cc([N+](=O)[O-])ccc2NCc2ccccc2Cl)cc1. The third-order valence-electron chi connectivity index (χ3n) is 4.72. The highest BCUT2D eigenvalue weighted by molar-refractivity contribution is 6.31. The monoisotopic (exact) mass is 478 g/mol. The number of carbonyl (C=O) groups excluding carboxylic acids is 2. The molecule has 0 unspecified atom stereocenters. The highest BCUT2D eigenvalue weighted by atomic mass is 35.5. The molecule has 0 saturated heterocycles. The Kier molecular flexibility index (Phi) is 8.16. The van der Waals surface area contributed by atoms with Crippen molar-refractivity contribution in [2.24, 2.45) is 0 Å². The fraction of sp³-hybridized carbons (Fsp3) is 0.125. The van der Waals surface area contributed by atoms with Gasteiger partial charge in [-0.1, -0.05) is 41.9 Å². The summed E-state index contributed by atoms with van der Waals surface area (Å²) in [6.45, 7) is -0.328. The summed E-state index contributed by atoms with van der Waals surface area (Å²) < 4.78 is 5.09. The maximum absolute atomic E-state index is 12.7. The lowest BCUT2D eigenvalue weighted by molar-refractivity contribution is -0.384. The van der Waals surface area contributed by atoms with Gasteiger partial charge in [-0.05, 0) is 35.4 Å². The molecule has 3 aromatic rings. The summed E-state index contributed by atoms with van der Waals surface area (Å²) in [5.74, 6) is -1.48. The van der Waals surface area contributed by atoms with Crippen molar-refractivity contribution in [2.45, 2.75) is 13.0 Å². The van der Waals surface area contributed by atoms with Gasteiger partial charge < -0.3 is 15.4 Å². The van der Waals surface area contributed by atoms with Crippen LogP contribution in [0.2, 0.25) is 5.02 Å². The number of nitrogens with zero attached hydrogens (tertiary/aromatic N) is 2. The van der Waals surface area contributed by atoms with Crippen LogP contribution in [0.15, 0.2) is 66.7 Å². The number of halogens is 1. The highest BCUT2D eigenvalue weighted by Gasteiger charge is 2.19. The minimum Gasteiger partial charge on any atom is -0.452 e. The average Bonchev–Trinajstić information content (AvgIpc) is 2.83. The van der Waals surface area contributed by atoms with Gasteiger partial charge in [0.1, 0.15) is 0 Å². The molecule has 3 aromatic carbocycles. The molecule has 0 aromatic heterocycles. The minimum atomic E-state index is -0.898. The zero-order valence-electron chi connectivity index (χ0n) is 17.8. The lowest BCUT2D eigenvalue weighted by Gasteiger charge is -2.13. The zero-order valence-corrected chi connectivity index (χ0v) is 18.5. The fourth-order valence-corrected chi connectivity index (χ4v) is 3.21. The van der Waals surface area contributed by atoms with Gasteiger partial charge in [-0.25, -0.2) is 4.79 Å². The normalized spacial score (nSPS) is 10.1. The lowest BCUT2D eigenvalue weighted by Crippen LogP contribution is -2.21. The van der Waals surface area contributed by atoms with E-state index in [1.54, 1.807) is 42.5 Å². The van der Waals surface area contributed by atoms with Crippen molar-refractivity contribution in [3.05, 3.63) is 98.6 Å². The summed E-state index contributed by atoms with van der Waals surface area (Å²) in [4.78, 5) is 35.4. The Balaban J connectivity index is 1.67. The van der Waals surface area contributed by atoms with E-state index >= 15 is 0 Å². The van der Waals surface area contributed by atoms with Crippen molar-refractivity contribution in [3.63, 3.8) is 0 Å². The van der Waals surface area contributed by atoms with E-state index in [1.807, 2.05) is 12.1 Å². The van der Waals surface area contributed by atoms with Crippen LogP contribution in [0.3, 0.4) is 0 Å². The molecule has 0 heterocycles. The quantitative estimate of drug-likeness (QED) is 0.258. The van der Waals surface area contributed by atoms with E-state index in [2.05, 4.69) is 10.6 Å². The number of esters is 1. The van der Waals surface area contributed by atoms with Gasteiger partial charge >= 0.3 is 5.97 Å². The maximum atomic E-state index is 12.7. The first-order valence-corrected chi connectivity index (χ1v) is 10.4. The molecule has 0 aliphatic carbocycles. The van der Waals surface area contributed by atoms with Crippen molar-refractivity contribution in [1.29, 1.82) is 5.26 Å². The Morgan fingerprint density at radius 3 is 2.50 bits per heavy atom. The molecule has 0 bridgehead atoms. The number of non-ortho nitro benzene ring substituents is 1. The summed E-state index contributed by atoms with van der Waals surface area (Å²) in [6, 6.07) is 19.5. The van der Waals surface area contributed by atoms with Crippen molar-refractivity contribution >= 4 is 40.5 Å². The molecule has 0 fully saturated rings. The van der Waals surface area contributed by atoms with E-state index in [-0.39, 0.29) is 24.2 Å². The van der Waals surface area contributed by atoms with Gasteiger partial charge in [0.15, 0.2) is 6.61 Å². The van der Waals surface area contributed by atoms with Crippen LogP contribution >= 0.6 is 11.6 Å². The van der Waals surface area contributed by atoms with Crippen LogP contribution in [-0.4, -0.2) is 23.4 Å². The number of carbonyl (C=O) groups is 2. The first kappa shape index (κ1) is 24.2. The number of hydrogen-bond donors (Lipinski definition) is 2. The fourth-order valence-electron chi connectivity index (χ4n) is 3.00. The number of nitro groups is 1. The number of rotatable bonds is 9. The number of ether oxygens (including phenoxy) is 1. The molecule has 3 rings (SSSR count). The van der Waals surface area contributed by atoms with Crippen LogP contribution in [0.1, 0.15) is 21.5 Å². The molecule has 0 saturated carbocycles.